The summed E-state index contributed by atoms with van der Waals surface area (Å²) in [6.45, 7) is 17.1. The summed E-state index contributed by atoms with van der Waals surface area (Å²) < 4.78 is 6.15. The van der Waals surface area contributed by atoms with Crippen LogP contribution in [-0.2, 0) is 20.7 Å². The third kappa shape index (κ3) is 10.4. The molecule has 3 rings (SSSR count). The van der Waals surface area contributed by atoms with Gasteiger partial charge in [-0.25, -0.2) is 4.79 Å². The second-order valence-electron chi connectivity index (χ2n) is 14.4. The first-order valence-corrected chi connectivity index (χ1v) is 17.4. The van der Waals surface area contributed by atoms with E-state index in [0.29, 0.717) is 56.1 Å². The molecule has 1 aromatic rings. The number of phenols is 1. The van der Waals surface area contributed by atoms with Crippen LogP contribution >= 0.6 is 0 Å². The van der Waals surface area contributed by atoms with E-state index in [9.17, 15) is 19.8 Å². The summed E-state index contributed by atoms with van der Waals surface area (Å²) in [5.74, 6) is 0.925. The average molecular weight is 634 g/mol. The fourth-order valence-electron chi connectivity index (χ4n) is 6.96. The lowest BCUT2D eigenvalue weighted by Crippen LogP contribution is -2.43. The summed E-state index contributed by atoms with van der Waals surface area (Å²) in [6.07, 6.45) is 15.0. The van der Waals surface area contributed by atoms with Crippen LogP contribution in [0.25, 0.3) is 0 Å². The van der Waals surface area contributed by atoms with Crippen molar-refractivity contribution in [2.45, 2.75) is 123 Å². The molecule has 0 amide bonds. The molecule has 1 fully saturated rings. The highest BCUT2D eigenvalue weighted by molar-refractivity contribution is 5.91. The maximum atomic E-state index is 13.5. The number of Topliss-reactive ketones (excluding diaryl/α,β-unsaturated/α-hetero) is 1. The molecule has 254 valence electrons. The van der Waals surface area contributed by atoms with E-state index >= 15 is 0 Å². The Morgan fingerprint density at radius 2 is 1.87 bits per heavy atom. The molecule has 7 unspecified atom stereocenters. The summed E-state index contributed by atoms with van der Waals surface area (Å²) >= 11 is 0. The van der Waals surface area contributed by atoms with Gasteiger partial charge in [0, 0.05) is 19.4 Å². The van der Waals surface area contributed by atoms with Gasteiger partial charge >= 0.3 is 5.97 Å². The van der Waals surface area contributed by atoms with Gasteiger partial charge in [0.25, 0.3) is 0 Å². The van der Waals surface area contributed by atoms with Crippen LogP contribution in [0.5, 0.6) is 5.75 Å². The Labute approximate surface area is 278 Å². The molecule has 1 heterocycles. The first-order valence-electron chi connectivity index (χ1n) is 17.4. The van der Waals surface area contributed by atoms with Gasteiger partial charge in [0.1, 0.15) is 22.8 Å². The molecule has 1 aliphatic carbocycles. The van der Waals surface area contributed by atoms with Crippen molar-refractivity contribution in [3.05, 3.63) is 77.6 Å². The predicted octanol–water partition coefficient (Wildman–Crippen LogP) is 8.49. The van der Waals surface area contributed by atoms with Gasteiger partial charge in [0.05, 0.1) is 12.1 Å². The molecule has 46 heavy (non-hydrogen) atoms. The lowest BCUT2D eigenvalue weighted by molar-refractivity contribution is -0.151. The predicted molar refractivity (Wildman–Crippen MR) is 187 cm³/mol. The molecule has 0 aromatic heterocycles. The van der Waals surface area contributed by atoms with E-state index in [1.54, 1.807) is 12.1 Å². The smallest absolute Gasteiger partial charge is 0.355 e. The number of rotatable bonds is 17. The van der Waals surface area contributed by atoms with Crippen molar-refractivity contribution in [2.24, 2.45) is 23.7 Å². The van der Waals surface area contributed by atoms with Crippen LogP contribution in [0.4, 0.5) is 0 Å². The van der Waals surface area contributed by atoms with Crippen molar-refractivity contribution in [1.29, 1.82) is 0 Å². The van der Waals surface area contributed by atoms with Crippen LogP contribution in [0.2, 0.25) is 0 Å². The largest absolute Gasteiger partial charge is 0.508 e. The zero-order chi connectivity index (χ0) is 34.0. The van der Waals surface area contributed by atoms with E-state index < -0.39 is 17.7 Å². The molecule has 0 saturated heterocycles. The van der Waals surface area contributed by atoms with Gasteiger partial charge in [-0.2, -0.15) is 0 Å². The Balaban J connectivity index is 1.78. The summed E-state index contributed by atoms with van der Waals surface area (Å²) in [6, 6.07) is 6.63. The molecule has 7 atom stereocenters. The first-order chi connectivity index (χ1) is 21.7. The van der Waals surface area contributed by atoms with E-state index in [1.807, 2.05) is 50.9 Å². The number of aromatic hydroxyl groups is 1. The van der Waals surface area contributed by atoms with E-state index in [0.717, 1.165) is 30.4 Å². The second-order valence-corrected chi connectivity index (χ2v) is 14.4. The highest BCUT2D eigenvalue weighted by Crippen LogP contribution is 2.46. The number of aliphatic hydroxyl groups is 1. The third-order valence-corrected chi connectivity index (χ3v) is 10.2. The lowest BCUT2D eigenvalue weighted by Gasteiger charge is -2.39. The highest BCUT2D eigenvalue weighted by Gasteiger charge is 2.48. The molecule has 2 aliphatic rings. The standard InChI is InChI=1S/C40H59NO5/c1-9-28(4)23-29(5)14-10-11-15-38(44)35(24-32-17-19-33(42)20-18-32)41(8)36-26-40(46-39(36)45)22-21-30(6)34(25-40)31(7)37(43)16-12-13-27(2)3/h10,13-14,17-20,26,28-29,31,34-35,38,42,44H,6,9,11-12,15-16,21-25H2,1-5,7-8H3. The summed E-state index contributed by atoms with van der Waals surface area (Å²) in [5, 5.41) is 21.4. The number of esters is 1. The minimum atomic E-state index is -0.788. The first kappa shape index (κ1) is 37.3. The highest BCUT2D eigenvalue weighted by atomic mass is 16.6. The van der Waals surface area contributed by atoms with Crippen molar-refractivity contribution >= 4 is 11.8 Å². The Kier molecular flexibility index (Phi) is 13.9. The zero-order valence-corrected chi connectivity index (χ0v) is 29.4. The molecule has 0 bridgehead atoms. The summed E-state index contributed by atoms with van der Waals surface area (Å²) in [5.41, 5.74) is 2.88. The maximum Gasteiger partial charge on any atom is 0.355 e. The SMILES string of the molecule is C=C1CCC2(C=C(N(C)C(Cc3ccc(O)cc3)C(O)CCC=CC(C)CC(C)CC)C(=O)O2)CC1C(C)C(=O)CCC=C(C)C. The molecular formula is C40H59NO5. The van der Waals surface area contributed by atoms with Gasteiger partial charge in [-0.05, 0) is 107 Å². The van der Waals surface area contributed by atoms with Crippen molar-refractivity contribution in [2.75, 3.05) is 7.05 Å². The van der Waals surface area contributed by atoms with Crippen LogP contribution in [-0.4, -0.2) is 51.7 Å². The van der Waals surface area contributed by atoms with Gasteiger partial charge in [-0.15, -0.1) is 0 Å². The molecular weight excluding hydrogens is 574 g/mol. The number of ketones is 1. The van der Waals surface area contributed by atoms with E-state index in [4.69, 9.17) is 4.74 Å². The number of allylic oxidation sites excluding steroid dienone is 5. The number of aliphatic hydroxyl groups excluding tert-OH is 1. The number of hydrogen-bond donors (Lipinski definition) is 2. The molecule has 1 aliphatic heterocycles. The number of hydrogen-bond acceptors (Lipinski definition) is 6. The third-order valence-electron chi connectivity index (χ3n) is 10.2. The van der Waals surface area contributed by atoms with E-state index in [2.05, 4.69) is 45.6 Å². The number of benzene rings is 1. The van der Waals surface area contributed by atoms with Crippen molar-refractivity contribution < 1.29 is 24.5 Å². The minimum Gasteiger partial charge on any atom is -0.508 e. The van der Waals surface area contributed by atoms with Gasteiger partial charge in [0.15, 0.2) is 0 Å². The van der Waals surface area contributed by atoms with Crippen LogP contribution in [0, 0.1) is 23.7 Å². The van der Waals surface area contributed by atoms with Crippen molar-refractivity contribution in [3.8, 4) is 5.75 Å². The molecule has 6 heteroatoms. The van der Waals surface area contributed by atoms with Crippen LogP contribution in [0.1, 0.15) is 105 Å². The number of nitrogens with zero attached hydrogens (tertiary/aromatic N) is 1. The average Bonchev–Trinajstić information content (AvgIpc) is 3.34. The van der Waals surface area contributed by atoms with Gasteiger partial charge in [-0.1, -0.05) is 82.2 Å². The number of carbonyl (C=O) groups is 2. The van der Waals surface area contributed by atoms with Crippen LogP contribution in [0.15, 0.2) is 72.0 Å². The summed E-state index contributed by atoms with van der Waals surface area (Å²) in [4.78, 5) is 28.5. The van der Waals surface area contributed by atoms with E-state index in [1.165, 1.54) is 12.0 Å². The topological polar surface area (TPSA) is 87.1 Å². The van der Waals surface area contributed by atoms with Crippen molar-refractivity contribution in [3.63, 3.8) is 0 Å². The normalized spacial score (nSPS) is 23.0. The van der Waals surface area contributed by atoms with Crippen LogP contribution in [0.3, 0.4) is 0 Å². The maximum absolute atomic E-state index is 13.5. The minimum absolute atomic E-state index is 0.0606. The molecule has 1 aromatic carbocycles. The number of ether oxygens (including phenoxy) is 1. The molecule has 0 radical (unpaired) electrons. The van der Waals surface area contributed by atoms with Gasteiger partial charge in [0.2, 0.25) is 0 Å². The quantitative estimate of drug-likeness (QED) is 0.132. The zero-order valence-electron chi connectivity index (χ0n) is 29.4. The summed E-state index contributed by atoms with van der Waals surface area (Å²) in [7, 11) is 1.86. The fraction of sp³-hybridized carbons (Fsp3) is 0.600. The van der Waals surface area contributed by atoms with Crippen molar-refractivity contribution in [1.82, 2.24) is 4.90 Å². The molecule has 6 nitrogen and oxygen atoms in total. The van der Waals surface area contributed by atoms with Gasteiger partial charge in [-0.3, -0.25) is 4.79 Å². The number of carbonyl (C=O) groups excluding carboxylic acids is 2. The Morgan fingerprint density at radius 3 is 2.52 bits per heavy atom. The number of phenolic OH excluding ortho intramolecular Hbond substituents is 1. The van der Waals surface area contributed by atoms with Crippen LogP contribution < -0.4 is 0 Å². The molecule has 1 spiro atoms. The monoisotopic (exact) mass is 633 g/mol. The van der Waals surface area contributed by atoms with Gasteiger partial charge < -0.3 is 19.8 Å². The molecule has 2 N–H and O–H groups in total. The Hall–Kier alpha value is -3.12. The number of likely N-dealkylation sites (N-methyl/N-ethyl adjacent to an activating group) is 1. The Morgan fingerprint density at radius 1 is 1.17 bits per heavy atom. The second kappa shape index (κ2) is 17.2. The van der Waals surface area contributed by atoms with E-state index in [-0.39, 0.29) is 29.4 Å². The lowest BCUT2D eigenvalue weighted by atomic mass is 9.69. The fourth-order valence-corrected chi connectivity index (χ4v) is 6.96. The molecule has 1 saturated carbocycles. The Bertz CT molecular complexity index is 1270.